The second-order valence-electron chi connectivity index (χ2n) is 3.85. The second-order valence-corrected chi connectivity index (χ2v) is 4.26. The molecule has 1 aromatic rings. The number of carbonyl (C=O) groups excluding carboxylic acids is 1. The van der Waals surface area contributed by atoms with E-state index in [9.17, 15) is 14.4 Å². The van der Waals surface area contributed by atoms with Crippen molar-refractivity contribution in [1.82, 2.24) is 5.32 Å². The molecule has 20 heavy (non-hydrogen) atoms. The van der Waals surface area contributed by atoms with Gasteiger partial charge in [0.15, 0.2) is 0 Å². The van der Waals surface area contributed by atoms with Gasteiger partial charge < -0.3 is 15.5 Å². The van der Waals surface area contributed by atoms with Gasteiger partial charge in [-0.1, -0.05) is 29.8 Å². The van der Waals surface area contributed by atoms with Crippen LogP contribution in [0.15, 0.2) is 30.3 Å². The summed E-state index contributed by atoms with van der Waals surface area (Å²) in [5.41, 5.74) is 0.592. The zero-order valence-corrected chi connectivity index (χ0v) is 11.0. The topological polar surface area (TPSA) is 104 Å². The molecule has 0 fully saturated rings. The minimum Gasteiger partial charge on any atom is -0.481 e. The Hall–Kier alpha value is -2.34. The Morgan fingerprint density at radius 2 is 1.90 bits per heavy atom. The molecule has 0 aliphatic heterocycles. The molecule has 0 spiro atoms. The van der Waals surface area contributed by atoms with E-state index in [0.717, 1.165) is 6.08 Å². The number of amides is 1. The molecule has 0 heterocycles. The molecule has 6 nitrogen and oxygen atoms in total. The van der Waals surface area contributed by atoms with Crippen molar-refractivity contribution in [1.29, 1.82) is 0 Å². The van der Waals surface area contributed by atoms with Gasteiger partial charge in [0, 0.05) is 11.1 Å². The SMILES string of the molecule is O=C(O)C[C@H](NC(=O)/C=C/c1ccccc1Cl)C(=O)O. The zero-order valence-electron chi connectivity index (χ0n) is 10.2. The third-order valence-corrected chi connectivity index (χ3v) is 2.66. The molecule has 0 aromatic heterocycles. The predicted octanol–water partition coefficient (Wildman–Crippen LogP) is 1.40. The largest absolute Gasteiger partial charge is 0.481 e. The molecule has 0 aliphatic carbocycles. The smallest absolute Gasteiger partial charge is 0.326 e. The molecule has 0 unspecified atom stereocenters. The van der Waals surface area contributed by atoms with Gasteiger partial charge in [-0.25, -0.2) is 4.79 Å². The van der Waals surface area contributed by atoms with E-state index in [-0.39, 0.29) is 0 Å². The molecule has 1 atom stereocenters. The standard InChI is InChI=1S/C13H12ClNO5/c14-9-4-2-1-3-8(9)5-6-11(16)15-10(13(19)20)7-12(17)18/h1-6,10H,7H2,(H,15,16)(H,17,18)(H,19,20)/b6-5+/t10-/m0/s1. The summed E-state index contributed by atoms with van der Waals surface area (Å²) in [5, 5.41) is 19.8. The maximum Gasteiger partial charge on any atom is 0.326 e. The number of nitrogens with one attached hydrogen (secondary N) is 1. The lowest BCUT2D eigenvalue weighted by Gasteiger charge is -2.10. The molecule has 0 radical (unpaired) electrons. The lowest BCUT2D eigenvalue weighted by Crippen LogP contribution is -2.41. The molecule has 0 saturated carbocycles. The molecule has 0 aliphatic rings. The van der Waals surface area contributed by atoms with Crippen LogP contribution in [0.1, 0.15) is 12.0 Å². The van der Waals surface area contributed by atoms with Gasteiger partial charge in [-0.05, 0) is 17.7 Å². The number of carboxylic acids is 2. The van der Waals surface area contributed by atoms with Crippen LogP contribution < -0.4 is 5.32 Å². The third kappa shape index (κ3) is 5.11. The van der Waals surface area contributed by atoms with Crippen LogP contribution in [0.5, 0.6) is 0 Å². The fourth-order valence-corrected chi connectivity index (χ4v) is 1.57. The Bertz CT molecular complexity index is 555. The van der Waals surface area contributed by atoms with Crippen LogP contribution in [-0.2, 0) is 14.4 Å². The number of hydrogen-bond donors (Lipinski definition) is 3. The average molecular weight is 298 g/mol. The highest BCUT2D eigenvalue weighted by Gasteiger charge is 2.21. The van der Waals surface area contributed by atoms with Gasteiger partial charge >= 0.3 is 11.9 Å². The molecule has 0 saturated heterocycles. The predicted molar refractivity (Wildman–Crippen MR) is 72.3 cm³/mol. The minimum absolute atomic E-state index is 0.442. The first kappa shape index (κ1) is 15.7. The van der Waals surface area contributed by atoms with Gasteiger partial charge in [0.05, 0.1) is 6.42 Å². The van der Waals surface area contributed by atoms with Gasteiger partial charge in [0.1, 0.15) is 6.04 Å². The number of carbonyl (C=O) groups is 3. The van der Waals surface area contributed by atoms with Crippen molar-refractivity contribution in [3.8, 4) is 0 Å². The van der Waals surface area contributed by atoms with E-state index in [4.69, 9.17) is 21.8 Å². The van der Waals surface area contributed by atoms with Crippen molar-refractivity contribution in [2.24, 2.45) is 0 Å². The lowest BCUT2D eigenvalue weighted by atomic mass is 10.2. The quantitative estimate of drug-likeness (QED) is 0.689. The number of hydrogen-bond acceptors (Lipinski definition) is 3. The maximum atomic E-state index is 11.5. The number of aliphatic carboxylic acids is 2. The summed E-state index contributed by atoms with van der Waals surface area (Å²) < 4.78 is 0. The second kappa shape index (κ2) is 7.30. The lowest BCUT2D eigenvalue weighted by molar-refractivity contribution is -0.146. The summed E-state index contributed by atoms with van der Waals surface area (Å²) in [7, 11) is 0. The number of carboxylic acid groups (broad SMARTS) is 2. The molecule has 106 valence electrons. The normalized spacial score (nSPS) is 12.1. The number of halogens is 1. The van der Waals surface area contributed by atoms with Gasteiger partial charge in [0.25, 0.3) is 0 Å². The summed E-state index contributed by atoms with van der Waals surface area (Å²) >= 11 is 5.88. The van der Waals surface area contributed by atoms with Crippen molar-refractivity contribution in [2.75, 3.05) is 0 Å². The van der Waals surface area contributed by atoms with Crippen molar-refractivity contribution >= 4 is 35.5 Å². The molecule has 3 N–H and O–H groups in total. The number of benzene rings is 1. The van der Waals surface area contributed by atoms with Crippen molar-refractivity contribution in [2.45, 2.75) is 12.5 Å². The average Bonchev–Trinajstić information content (AvgIpc) is 2.36. The summed E-state index contributed by atoms with van der Waals surface area (Å²) in [6.07, 6.45) is 1.82. The van der Waals surface area contributed by atoms with Crippen LogP contribution in [-0.4, -0.2) is 34.1 Å². The molecule has 1 aromatic carbocycles. The van der Waals surface area contributed by atoms with Gasteiger partial charge in [-0.2, -0.15) is 0 Å². The first-order valence-electron chi connectivity index (χ1n) is 5.58. The molecular formula is C13H12ClNO5. The highest BCUT2D eigenvalue weighted by molar-refractivity contribution is 6.32. The van der Waals surface area contributed by atoms with Crippen molar-refractivity contribution in [3.63, 3.8) is 0 Å². The van der Waals surface area contributed by atoms with E-state index in [1.54, 1.807) is 24.3 Å². The van der Waals surface area contributed by atoms with Gasteiger partial charge in [-0.15, -0.1) is 0 Å². The Labute approximate surface area is 119 Å². The Morgan fingerprint density at radius 1 is 1.25 bits per heavy atom. The number of rotatable bonds is 6. The Kier molecular flexibility index (Phi) is 5.74. The van der Waals surface area contributed by atoms with Crippen LogP contribution in [0, 0.1) is 0 Å². The molecule has 1 amide bonds. The van der Waals surface area contributed by atoms with Crippen LogP contribution in [0.4, 0.5) is 0 Å². The fourth-order valence-electron chi connectivity index (χ4n) is 1.37. The van der Waals surface area contributed by atoms with E-state index in [1.165, 1.54) is 6.08 Å². The first-order chi connectivity index (χ1) is 9.40. The van der Waals surface area contributed by atoms with Crippen LogP contribution in [0.25, 0.3) is 6.08 Å². The fraction of sp³-hybridized carbons (Fsp3) is 0.154. The molecule has 0 bridgehead atoms. The highest BCUT2D eigenvalue weighted by Crippen LogP contribution is 2.16. The molecule has 1 rings (SSSR count). The minimum atomic E-state index is -1.48. The highest BCUT2D eigenvalue weighted by atomic mass is 35.5. The van der Waals surface area contributed by atoms with Gasteiger partial charge in [0.2, 0.25) is 5.91 Å². The summed E-state index contributed by atoms with van der Waals surface area (Å²) in [6, 6.07) is 5.30. The maximum absolute atomic E-state index is 11.5. The van der Waals surface area contributed by atoms with Crippen LogP contribution >= 0.6 is 11.6 Å². The van der Waals surface area contributed by atoms with E-state index in [2.05, 4.69) is 5.32 Å². The third-order valence-electron chi connectivity index (χ3n) is 2.31. The molecular weight excluding hydrogens is 286 g/mol. The van der Waals surface area contributed by atoms with Crippen LogP contribution in [0.3, 0.4) is 0 Å². The Balaban J connectivity index is 2.69. The van der Waals surface area contributed by atoms with Crippen molar-refractivity contribution in [3.05, 3.63) is 40.9 Å². The van der Waals surface area contributed by atoms with Crippen LogP contribution in [0.2, 0.25) is 5.02 Å². The molecule has 7 heteroatoms. The van der Waals surface area contributed by atoms with Crippen molar-refractivity contribution < 1.29 is 24.6 Å². The summed E-state index contributed by atoms with van der Waals surface area (Å²) in [6.45, 7) is 0. The summed E-state index contributed by atoms with van der Waals surface area (Å²) in [5.74, 6) is -3.43. The van der Waals surface area contributed by atoms with E-state index >= 15 is 0 Å². The summed E-state index contributed by atoms with van der Waals surface area (Å²) in [4.78, 5) is 32.8. The monoisotopic (exact) mass is 297 g/mol. The Morgan fingerprint density at radius 3 is 2.45 bits per heavy atom. The van der Waals surface area contributed by atoms with E-state index in [1.807, 2.05) is 0 Å². The first-order valence-corrected chi connectivity index (χ1v) is 5.95. The van der Waals surface area contributed by atoms with E-state index < -0.39 is 30.3 Å². The van der Waals surface area contributed by atoms with Gasteiger partial charge in [-0.3, -0.25) is 9.59 Å². The zero-order chi connectivity index (χ0) is 15.1. The van der Waals surface area contributed by atoms with E-state index in [0.29, 0.717) is 10.6 Å².